The van der Waals surface area contributed by atoms with E-state index in [0.717, 1.165) is 16.0 Å². The summed E-state index contributed by atoms with van der Waals surface area (Å²) in [5, 5.41) is 4.64. The lowest BCUT2D eigenvalue weighted by Gasteiger charge is -2.27. The number of nitrogens with zero attached hydrogens (tertiary/aromatic N) is 3. The van der Waals surface area contributed by atoms with Gasteiger partial charge in [-0.05, 0) is 18.2 Å². The zero-order valence-corrected chi connectivity index (χ0v) is 15.2. The van der Waals surface area contributed by atoms with Crippen LogP contribution in [-0.4, -0.2) is 54.8 Å². The van der Waals surface area contributed by atoms with Gasteiger partial charge < -0.3 is 28.3 Å². The first kappa shape index (κ1) is 19.0. The Morgan fingerprint density at radius 3 is 2.21 bits per heavy atom. The molecule has 146 valence electrons. The zero-order chi connectivity index (χ0) is 20.3. The molecule has 0 atom stereocenters. The Labute approximate surface area is 161 Å². The lowest BCUT2D eigenvalue weighted by molar-refractivity contribution is 0.0615. The molecule has 0 saturated heterocycles. The molecule has 0 radical (unpaired) electrons. The molecule has 2 aromatic carbocycles. The summed E-state index contributed by atoms with van der Waals surface area (Å²) in [6.45, 7) is 1.16. The van der Waals surface area contributed by atoms with Crippen LogP contribution in [0, 0.1) is 0 Å². The molecule has 0 spiro atoms. The van der Waals surface area contributed by atoms with Gasteiger partial charge in [0.2, 0.25) is 0 Å². The summed E-state index contributed by atoms with van der Waals surface area (Å²) in [4.78, 5) is 34.7. The SMILES string of the molecule is NC(N)=NCCNc1ccc2c3c(cccc13)C(=O)N(CCN=C(N)N)C2=O. The highest BCUT2D eigenvalue weighted by Crippen LogP contribution is 2.34. The molecule has 0 aromatic heterocycles. The van der Waals surface area contributed by atoms with Crippen molar-refractivity contribution in [2.75, 3.05) is 31.5 Å². The maximum absolute atomic E-state index is 12.9. The first-order valence-corrected chi connectivity index (χ1v) is 8.66. The number of amides is 2. The molecule has 1 heterocycles. The number of benzene rings is 2. The number of carbonyl (C=O) groups excluding carboxylic acids is 2. The van der Waals surface area contributed by atoms with Crippen LogP contribution in [0.5, 0.6) is 0 Å². The molecule has 3 rings (SSSR count). The third-order valence-electron chi connectivity index (χ3n) is 4.33. The molecule has 2 amide bonds. The Morgan fingerprint density at radius 1 is 0.893 bits per heavy atom. The van der Waals surface area contributed by atoms with Gasteiger partial charge in [-0.15, -0.1) is 0 Å². The summed E-state index contributed by atoms with van der Waals surface area (Å²) in [6, 6.07) is 8.86. The molecule has 1 aliphatic heterocycles. The molecule has 10 heteroatoms. The largest absolute Gasteiger partial charge is 0.383 e. The van der Waals surface area contributed by atoms with Crippen LogP contribution in [0.4, 0.5) is 5.69 Å². The molecule has 28 heavy (non-hydrogen) atoms. The first-order chi connectivity index (χ1) is 13.4. The lowest BCUT2D eigenvalue weighted by atomic mass is 9.93. The number of hydrogen-bond acceptors (Lipinski definition) is 5. The van der Waals surface area contributed by atoms with E-state index in [1.807, 2.05) is 6.07 Å². The Morgan fingerprint density at radius 2 is 1.54 bits per heavy atom. The van der Waals surface area contributed by atoms with Crippen molar-refractivity contribution in [3.05, 3.63) is 41.5 Å². The molecule has 10 nitrogen and oxygen atoms in total. The molecule has 2 aromatic rings. The average Bonchev–Trinajstić information content (AvgIpc) is 2.66. The van der Waals surface area contributed by atoms with Crippen LogP contribution in [0.3, 0.4) is 0 Å². The predicted molar refractivity (Wildman–Crippen MR) is 109 cm³/mol. The van der Waals surface area contributed by atoms with Gasteiger partial charge in [0.15, 0.2) is 11.9 Å². The van der Waals surface area contributed by atoms with Crippen molar-refractivity contribution in [3.63, 3.8) is 0 Å². The molecule has 0 bridgehead atoms. The van der Waals surface area contributed by atoms with Crippen LogP contribution in [-0.2, 0) is 0 Å². The smallest absolute Gasteiger partial charge is 0.261 e. The molecule has 0 unspecified atom stereocenters. The fourth-order valence-corrected chi connectivity index (χ4v) is 3.16. The fourth-order valence-electron chi connectivity index (χ4n) is 3.16. The van der Waals surface area contributed by atoms with Crippen LogP contribution in [0.25, 0.3) is 10.8 Å². The number of hydrogen-bond donors (Lipinski definition) is 5. The van der Waals surface area contributed by atoms with E-state index in [-0.39, 0.29) is 36.8 Å². The predicted octanol–water partition coefficient (Wildman–Crippen LogP) is -0.605. The number of imide groups is 1. The van der Waals surface area contributed by atoms with E-state index in [0.29, 0.717) is 29.6 Å². The summed E-state index contributed by atoms with van der Waals surface area (Å²) in [5.74, 6) is -0.801. The highest BCUT2D eigenvalue weighted by molar-refractivity contribution is 6.26. The average molecular weight is 382 g/mol. The maximum Gasteiger partial charge on any atom is 0.261 e. The van der Waals surface area contributed by atoms with Crippen molar-refractivity contribution < 1.29 is 9.59 Å². The van der Waals surface area contributed by atoms with Gasteiger partial charge in [-0.1, -0.05) is 12.1 Å². The number of nitrogens with one attached hydrogen (secondary N) is 1. The molecule has 9 N–H and O–H groups in total. The minimum absolute atomic E-state index is 0.0238. The maximum atomic E-state index is 12.9. The Bertz CT molecular complexity index is 968. The monoisotopic (exact) mass is 382 g/mol. The second-order valence-corrected chi connectivity index (χ2v) is 6.19. The van der Waals surface area contributed by atoms with Crippen LogP contribution in [0.2, 0.25) is 0 Å². The van der Waals surface area contributed by atoms with Gasteiger partial charge in [-0.25, -0.2) is 0 Å². The van der Waals surface area contributed by atoms with Gasteiger partial charge in [0.25, 0.3) is 11.8 Å². The molecule has 1 aliphatic rings. The van der Waals surface area contributed by atoms with Gasteiger partial charge in [-0.3, -0.25) is 24.5 Å². The van der Waals surface area contributed by atoms with Crippen molar-refractivity contribution in [1.82, 2.24) is 4.90 Å². The molecule has 0 fully saturated rings. The number of anilines is 1. The standard InChI is InChI=1S/C18H22N8O2/c19-17(20)24-7-6-23-13-5-4-12-14-10(13)2-1-3-11(14)15(27)26(16(12)28)9-8-25-18(21)22/h1-5,23H,6-9H2,(H4,19,20,24)(H4,21,22,25). The summed E-state index contributed by atoms with van der Waals surface area (Å²) < 4.78 is 0. The second-order valence-electron chi connectivity index (χ2n) is 6.19. The van der Waals surface area contributed by atoms with Crippen molar-refractivity contribution in [2.24, 2.45) is 32.9 Å². The number of nitrogens with two attached hydrogens (primary N) is 4. The summed E-state index contributed by atoms with van der Waals surface area (Å²) in [6.07, 6.45) is 0. The van der Waals surface area contributed by atoms with Gasteiger partial charge in [0.05, 0.1) is 13.1 Å². The third kappa shape index (κ3) is 3.65. The fraction of sp³-hybridized carbons (Fsp3) is 0.222. The van der Waals surface area contributed by atoms with E-state index in [9.17, 15) is 9.59 Å². The molecular formula is C18H22N8O2. The van der Waals surface area contributed by atoms with Gasteiger partial charge >= 0.3 is 0 Å². The number of guanidine groups is 2. The zero-order valence-electron chi connectivity index (χ0n) is 15.2. The Balaban J connectivity index is 1.93. The van der Waals surface area contributed by atoms with Crippen LogP contribution >= 0.6 is 0 Å². The summed E-state index contributed by atoms with van der Waals surface area (Å²) >= 11 is 0. The van der Waals surface area contributed by atoms with Gasteiger partial charge in [0, 0.05) is 40.7 Å². The minimum Gasteiger partial charge on any atom is -0.383 e. The van der Waals surface area contributed by atoms with E-state index in [1.54, 1.807) is 24.3 Å². The highest BCUT2D eigenvalue weighted by atomic mass is 16.2. The topological polar surface area (TPSA) is 178 Å². The third-order valence-corrected chi connectivity index (χ3v) is 4.33. The van der Waals surface area contributed by atoms with E-state index in [4.69, 9.17) is 22.9 Å². The van der Waals surface area contributed by atoms with Crippen molar-refractivity contribution in [2.45, 2.75) is 0 Å². The first-order valence-electron chi connectivity index (χ1n) is 8.66. The minimum atomic E-state index is -0.369. The van der Waals surface area contributed by atoms with Crippen LogP contribution in [0.1, 0.15) is 20.7 Å². The normalized spacial score (nSPS) is 12.8. The molecule has 0 aliphatic carbocycles. The van der Waals surface area contributed by atoms with Crippen molar-refractivity contribution in [3.8, 4) is 0 Å². The van der Waals surface area contributed by atoms with E-state index >= 15 is 0 Å². The lowest BCUT2D eigenvalue weighted by Crippen LogP contribution is -2.42. The van der Waals surface area contributed by atoms with E-state index < -0.39 is 0 Å². The summed E-state index contributed by atoms with van der Waals surface area (Å²) in [7, 11) is 0. The van der Waals surface area contributed by atoms with Crippen molar-refractivity contribution in [1.29, 1.82) is 0 Å². The number of carbonyl (C=O) groups is 2. The van der Waals surface area contributed by atoms with Crippen molar-refractivity contribution >= 4 is 40.2 Å². The van der Waals surface area contributed by atoms with Crippen LogP contribution in [0.15, 0.2) is 40.3 Å². The quantitative estimate of drug-likeness (QED) is 0.183. The van der Waals surface area contributed by atoms with E-state index in [2.05, 4.69) is 15.3 Å². The summed E-state index contributed by atoms with van der Waals surface area (Å²) in [5.41, 5.74) is 23.0. The number of aliphatic imine (C=N–C) groups is 2. The van der Waals surface area contributed by atoms with Gasteiger partial charge in [-0.2, -0.15) is 0 Å². The number of rotatable bonds is 7. The van der Waals surface area contributed by atoms with E-state index in [1.165, 1.54) is 0 Å². The second kappa shape index (κ2) is 7.82. The van der Waals surface area contributed by atoms with Crippen LogP contribution < -0.4 is 28.3 Å². The Kier molecular flexibility index (Phi) is 5.30. The van der Waals surface area contributed by atoms with Gasteiger partial charge in [0.1, 0.15) is 0 Å². The Hall–Kier alpha value is -3.82. The molecule has 0 saturated carbocycles. The highest BCUT2D eigenvalue weighted by Gasteiger charge is 2.32. The molecular weight excluding hydrogens is 360 g/mol.